The van der Waals surface area contributed by atoms with E-state index in [2.05, 4.69) is 10.3 Å². The van der Waals surface area contributed by atoms with Crippen molar-refractivity contribution < 1.29 is 32.7 Å². The highest BCUT2D eigenvalue weighted by atomic mass is 35.5. The quantitative estimate of drug-likeness (QED) is 0.243. The van der Waals surface area contributed by atoms with E-state index in [-0.39, 0.29) is 23.2 Å². The number of halogens is 4. The molecule has 7 nitrogen and oxygen atoms in total. The third kappa shape index (κ3) is 4.21. The number of β-lactam (4-membered cyclic amide) rings is 1. The third-order valence-electron chi connectivity index (χ3n) is 9.62. The first-order chi connectivity index (χ1) is 19.5. The van der Waals surface area contributed by atoms with Crippen molar-refractivity contribution in [2.75, 3.05) is 0 Å². The molecule has 4 saturated carbocycles. The number of aromatic amines is 1. The summed E-state index contributed by atoms with van der Waals surface area (Å²) >= 11 is 6.16. The average Bonchev–Trinajstić information content (AvgIpc) is 3.25. The van der Waals surface area contributed by atoms with Gasteiger partial charge < -0.3 is 20.3 Å². The molecule has 2 atom stereocenters. The van der Waals surface area contributed by atoms with Crippen molar-refractivity contribution in [2.45, 2.75) is 62.6 Å². The lowest BCUT2D eigenvalue weighted by atomic mass is 9.53. The molecule has 5 aliphatic rings. The van der Waals surface area contributed by atoms with Crippen LogP contribution in [0.1, 0.15) is 78.6 Å². The van der Waals surface area contributed by atoms with Gasteiger partial charge in [-0.05, 0) is 86.1 Å². The molecule has 214 valence electrons. The maximum atomic E-state index is 14.4. The van der Waals surface area contributed by atoms with Crippen LogP contribution in [-0.4, -0.2) is 38.3 Å². The first-order valence-corrected chi connectivity index (χ1v) is 14.2. The van der Waals surface area contributed by atoms with Crippen molar-refractivity contribution in [3.63, 3.8) is 0 Å². The van der Waals surface area contributed by atoms with E-state index in [9.17, 15) is 32.7 Å². The lowest BCUT2D eigenvalue weighted by molar-refractivity contribution is -0.157. The number of H-pyrrole nitrogens is 1. The van der Waals surface area contributed by atoms with Gasteiger partial charge in [-0.25, -0.2) is 18.0 Å². The Labute approximate surface area is 238 Å². The van der Waals surface area contributed by atoms with Gasteiger partial charge in [-0.15, -0.1) is 0 Å². The molecule has 1 aromatic heterocycles. The third-order valence-corrected chi connectivity index (χ3v) is 9.86. The van der Waals surface area contributed by atoms with Crippen LogP contribution >= 0.6 is 11.6 Å². The van der Waals surface area contributed by atoms with Gasteiger partial charge in [0.1, 0.15) is 11.7 Å². The van der Waals surface area contributed by atoms with Crippen LogP contribution in [0.3, 0.4) is 0 Å². The normalized spacial score (nSPS) is 29.1. The maximum absolute atomic E-state index is 14.4. The first kappa shape index (κ1) is 26.4. The second kappa shape index (κ2) is 9.24. The number of fused-ring (bicyclic) bond motifs is 1. The molecule has 2 aromatic carbocycles. The van der Waals surface area contributed by atoms with Gasteiger partial charge in [-0.2, -0.15) is 0 Å². The molecular formula is C30H27ClF3N3O4. The summed E-state index contributed by atoms with van der Waals surface area (Å²) in [5.41, 5.74) is -0.343. The number of hydrogen-bond acceptors (Lipinski definition) is 3. The van der Waals surface area contributed by atoms with E-state index in [0.717, 1.165) is 50.7 Å². The minimum atomic E-state index is -1.64. The number of nitrogens with zero attached hydrogens (tertiary/aromatic N) is 1. The summed E-state index contributed by atoms with van der Waals surface area (Å²) in [5.74, 6) is -5.33. The molecule has 2 heterocycles. The van der Waals surface area contributed by atoms with Crippen molar-refractivity contribution in [3.05, 3.63) is 69.6 Å². The van der Waals surface area contributed by atoms with E-state index >= 15 is 0 Å². The summed E-state index contributed by atoms with van der Waals surface area (Å²) in [6, 6.07) is 3.89. The summed E-state index contributed by atoms with van der Waals surface area (Å²) in [7, 11) is 0. The predicted molar refractivity (Wildman–Crippen MR) is 143 cm³/mol. The number of aromatic nitrogens is 1. The van der Waals surface area contributed by atoms with Gasteiger partial charge in [0, 0.05) is 27.0 Å². The van der Waals surface area contributed by atoms with Gasteiger partial charge in [0.25, 0.3) is 0 Å². The van der Waals surface area contributed by atoms with Gasteiger partial charge in [-0.3, -0.25) is 9.59 Å². The van der Waals surface area contributed by atoms with Gasteiger partial charge in [0.15, 0.2) is 17.5 Å². The molecule has 3 aromatic rings. The summed E-state index contributed by atoms with van der Waals surface area (Å²) in [6.07, 6.45) is 5.69. The Morgan fingerprint density at radius 2 is 1.63 bits per heavy atom. The molecule has 0 radical (unpaired) electrons. The highest BCUT2D eigenvalue weighted by Crippen LogP contribution is 2.56. The number of carboxylic acid groups (broad SMARTS) is 1. The zero-order chi connectivity index (χ0) is 28.8. The topological polar surface area (TPSA) is 102 Å². The van der Waals surface area contributed by atoms with Crippen LogP contribution in [0, 0.1) is 35.2 Å². The Bertz CT molecular complexity index is 1580. The fourth-order valence-electron chi connectivity index (χ4n) is 8.43. The zero-order valence-corrected chi connectivity index (χ0v) is 22.6. The van der Waals surface area contributed by atoms with Crippen molar-refractivity contribution in [2.24, 2.45) is 17.8 Å². The largest absolute Gasteiger partial charge is 0.477 e. The van der Waals surface area contributed by atoms with Crippen LogP contribution in [0.15, 0.2) is 30.3 Å². The molecule has 2 unspecified atom stereocenters. The Hall–Kier alpha value is -3.53. The Morgan fingerprint density at radius 1 is 1.02 bits per heavy atom. The molecule has 0 spiro atoms. The molecular weight excluding hydrogens is 559 g/mol. The number of amides is 2. The number of carbonyl (C=O) groups excluding carboxylic acids is 2. The predicted octanol–water partition coefficient (Wildman–Crippen LogP) is 6.04. The van der Waals surface area contributed by atoms with E-state index in [1.165, 1.54) is 11.0 Å². The number of likely N-dealkylation sites (tertiary alicyclic amines) is 1. The number of hydrogen-bond donors (Lipinski definition) is 3. The maximum Gasteiger partial charge on any atom is 0.352 e. The highest BCUT2D eigenvalue weighted by molar-refractivity contribution is 6.31. The number of carboxylic acids is 1. The van der Waals surface area contributed by atoms with Crippen molar-refractivity contribution in [1.29, 1.82) is 0 Å². The second-order valence-corrected chi connectivity index (χ2v) is 12.8. The number of carbonyl (C=O) groups is 3. The van der Waals surface area contributed by atoms with E-state index in [4.69, 9.17) is 11.6 Å². The van der Waals surface area contributed by atoms with Crippen LogP contribution in [0.2, 0.25) is 5.02 Å². The molecule has 1 aliphatic heterocycles. The molecule has 41 heavy (non-hydrogen) atoms. The van der Waals surface area contributed by atoms with Crippen molar-refractivity contribution >= 4 is 40.3 Å². The molecule has 2 amide bonds. The fraction of sp³-hybridized carbons (Fsp3) is 0.433. The summed E-state index contributed by atoms with van der Waals surface area (Å²) < 4.78 is 42.2. The fourth-order valence-corrected chi connectivity index (χ4v) is 8.61. The van der Waals surface area contributed by atoms with Crippen LogP contribution in [0.25, 0.3) is 10.9 Å². The van der Waals surface area contributed by atoms with E-state index in [1.807, 2.05) is 0 Å². The minimum absolute atomic E-state index is 0.0200. The van der Waals surface area contributed by atoms with Gasteiger partial charge in [-0.1, -0.05) is 17.7 Å². The highest BCUT2D eigenvalue weighted by Gasteiger charge is 2.54. The first-order valence-electron chi connectivity index (χ1n) is 13.8. The Balaban J connectivity index is 1.35. The smallest absolute Gasteiger partial charge is 0.352 e. The minimum Gasteiger partial charge on any atom is -0.477 e. The number of aromatic carboxylic acids is 1. The second-order valence-electron chi connectivity index (χ2n) is 12.3. The van der Waals surface area contributed by atoms with Crippen LogP contribution in [0.5, 0.6) is 0 Å². The number of nitrogens with one attached hydrogen (secondary N) is 2. The molecule has 4 aliphatic carbocycles. The molecule has 1 saturated heterocycles. The van der Waals surface area contributed by atoms with Crippen LogP contribution in [-0.2, 0) is 9.59 Å². The van der Waals surface area contributed by atoms with Crippen molar-refractivity contribution in [1.82, 2.24) is 15.2 Å². The van der Waals surface area contributed by atoms with Gasteiger partial charge >= 0.3 is 5.97 Å². The van der Waals surface area contributed by atoms with Crippen LogP contribution in [0.4, 0.5) is 13.2 Å². The molecule has 8 rings (SSSR count). The zero-order valence-electron chi connectivity index (χ0n) is 21.9. The van der Waals surface area contributed by atoms with E-state index in [1.54, 1.807) is 12.1 Å². The van der Waals surface area contributed by atoms with Gasteiger partial charge in [0.05, 0.1) is 12.5 Å². The van der Waals surface area contributed by atoms with Crippen LogP contribution < -0.4 is 5.32 Å². The summed E-state index contributed by atoms with van der Waals surface area (Å²) in [5, 5.41) is 14.1. The molecule has 3 N–H and O–H groups in total. The summed E-state index contributed by atoms with van der Waals surface area (Å²) in [6.45, 7) is 0. The standard InChI is InChI=1S/C30H27ClF3N3O4/c31-17-1-2-18-21(8-17)35-26(29(40)41)24(18)27(28(39)36-30-10-13-3-14(11-30)5-15(4-13)12-30)37-22(9-23(37)38)16-6-19(32)25(34)20(33)7-16/h1-2,6-8,13-15,22,27,35H,3-5,9-12H2,(H,36,39)(H,40,41). The Kier molecular flexibility index (Phi) is 5.94. The van der Waals surface area contributed by atoms with E-state index in [0.29, 0.717) is 33.7 Å². The molecule has 4 bridgehead atoms. The van der Waals surface area contributed by atoms with Gasteiger partial charge in [0.2, 0.25) is 11.8 Å². The monoisotopic (exact) mass is 585 g/mol. The SMILES string of the molecule is O=C(O)c1[nH]c2cc(Cl)ccc2c1C(C(=O)NC12CC3CC(CC(C3)C1)C2)N1C(=O)CC1c1cc(F)c(F)c(F)c1. The summed E-state index contributed by atoms with van der Waals surface area (Å²) in [4.78, 5) is 44.1. The Morgan fingerprint density at radius 3 is 2.20 bits per heavy atom. The average molecular weight is 586 g/mol. The van der Waals surface area contributed by atoms with Crippen molar-refractivity contribution in [3.8, 4) is 0 Å². The number of rotatable bonds is 6. The lowest BCUT2D eigenvalue weighted by Crippen LogP contribution is -2.62. The molecule has 11 heteroatoms. The number of benzene rings is 2. The molecule has 5 fully saturated rings. The lowest BCUT2D eigenvalue weighted by Gasteiger charge is -2.57. The van der Waals surface area contributed by atoms with E-state index < -0.39 is 52.9 Å².